The normalized spacial score (nSPS) is 14.9. The van der Waals surface area contributed by atoms with Crippen LogP contribution in [0, 0.1) is 11.5 Å². The third-order valence-electron chi connectivity index (χ3n) is 2.63. The maximum absolute atomic E-state index is 6.88. The number of aliphatic hydroxyl groups excluding tert-OH is 1. The monoisotopic (exact) mass is 221 g/mol. The van der Waals surface area contributed by atoms with Gasteiger partial charge in [0.05, 0.1) is 0 Å². The van der Waals surface area contributed by atoms with Crippen molar-refractivity contribution in [2.45, 2.75) is 58.3 Å². The van der Waals surface area contributed by atoms with Crippen molar-refractivity contribution in [3.8, 4) is 6.26 Å². The molecule has 0 aromatic rings. The highest BCUT2D eigenvalue weighted by molar-refractivity contribution is 5.19. The molecule has 0 saturated heterocycles. The number of hydrogen-bond donors (Lipinski definition) is 1. The van der Waals surface area contributed by atoms with Crippen LogP contribution in [0.2, 0.25) is 0 Å². The van der Waals surface area contributed by atoms with Crippen molar-refractivity contribution >= 4 is 0 Å². The Morgan fingerprint density at radius 3 is 2.75 bits per heavy atom. The molecule has 0 radical (unpaired) electrons. The Morgan fingerprint density at radius 2 is 2.19 bits per heavy atom. The van der Waals surface area contributed by atoms with Gasteiger partial charge in [0.15, 0.2) is 0 Å². The summed E-state index contributed by atoms with van der Waals surface area (Å²) in [4.78, 5) is 0. The first-order valence-electron chi connectivity index (χ1n) is 6.24. The minimum atomic E-state index is 0.750. The van der Waals surface area contributed by atoms with Gasteiger partial charge in [-0.3, -0.25) is 0 Å². The maximum atomic E-state index is 6.88. The zero-order valence-electron chi connectivity index (χ0n) is 10.3. The number of aliphatic hydroxyl groups is 1. The Hall–Kier alpha value is -1.23. The van der Waals surface area contributed by atoms with Gasteiger partial charge in [-0.1, -0.05) is 43.6 Å². The molecule has 2 heteroatoms. The molecule has 0 heterocycles. The van der Waals surface area contributed by atoms with E-state index in [1.54, 1.807) is 5.57 Å². The highest BCUT2D eigenvalue weighted by Crippen LogP contribution is 2.18. The lowest BCUT2D eigenvalue weighted by Gasteiger charge is -2.07. The fourth-order valence-corrected chi connectivity index (χ4v) is 1.76. The third-order valence-corrected chi connectivity index (χ3v) is 2.63. The van der Waals surface area contributed by atoms with Gasteiger partial charge in [-0.25, -0.2) is 0 Å². The molecule has 0 aliphatic heterocycles. The summed E-state index contributed by atoms with van der Waals surface area (Å²) >= 11 is 0. The number of hydrogen-bond acceptors (Lipinski definition) is 2. The first kappa shape index (κ1) is 14.8. The molecule has 0 bridgehead atoms. The van der Waals surface area contributed by atoms with E-state index in [4.69, 9.17) is 10.4 Å². The summed E-state index contributed by atoms with van der Waals surface area (Å²) in [6.07, 6.45) is 18.6. The summed E-state index contributed by atoms with van der Waals surface area (Å²) in [5.41, 5.74) is 1.57. The predicted molar refractivity (Wildman–Crippen MR) is 67.4 cm³/mol. The second kappa shape index (κ2) is 11.8. The summed E-state index contributed by atoms with van der Waals surface area (Å²) in [6, 6.07) is 0. The van der Waals surface area contributed by atoms with Gasteiger partial charge in [-0.05, 0) is 38.5 Å². The minimum Gasteiger partial charge on any atom is -0.443 e. The molecular weight excluding hydrogens is 198 g/mol. The first-order valence-corrected chi connectivity index (χ1v) is 6.24. The van der Waals surface area contributed by atoms with Crippen molar-refractivity contribution in [2.75, 3.05) is 0 Å². The minimum absolute atomic E-state index is 0.750. The molecule has 0 unspecified atom stereocenters. The Balaban J connectivity index is 0.000000673. The van der Waals surface area contributed by atoms with Gasteiger partial charge in [0.2, 0.25) is 0 Å². The van der Waals surface area contributed by atoms with Crippen LogP contribution in [-0.4, -0.2) is 5.11 Å². The highest BCUT2D eigenvalue weighted by atomic mass is 16.2. The van der Waals surface area contributed by atoms with Gasteiger partial charge in [0.25, 0.3) is 6.26 Å². The fourth-order valence-electron chi connectivity index (χ4n) is 1.76. The van der Waals surface area contributed by atoms with E-state index in [-0.39, 0.29) is 0 Å². The van der Waals surface area contributed by atoms with Gasteiger partial charge in [-0.2, -0.15) is 5.26 Å². The highest BCUT2D eigenvalue weighted by Gasteiger charge is 1.98. The van der Waals surface area contributed by atoms with Crippen LogP contribution in [-0.2, 0) is 0 Å². The third kappa shape index (κ3) is 9.33. The second-order valence-corrected chi connectivity index (χ2v) is 4.02. The van der Waals surface area contributed by atoms with Crippen molar-refractivity contribution < 1.29 is 5.11 Å². The smallest absolute Gasteiger partial charge is 0.283 e. The molecule has 0 saturated carbocycles. The molecule has 1 N–H and O–H groups in total. The Labute approximate surface area is 99.3 Å². The zero-order chi connectivity index (χ0) is 12.1. The molecule has 0 fully saturated rings. The molecule has 0 spiro atoms. The van der Waals surface area contributed by atoms with Crippen molar-refractivity contribution in [1.82, 2.24) is 0 Å². The van der Waals surface area contributed by atoms with E-state index in [2.05, 4.69) is 25.2 Å². The maximum Gasteiger partial charge on any atom is 0.283 e. The molecular formula is C14H23NO. The van der Waals surface area contributed by atoms with Crippen LogP contribution in [0.3, 0.4) is 0 Å². The van der Waals surface area contributed by atoms with E-state index >= 15 is 0 Å². The summed E-state index contributed by atoms with van der Waals surface area (Å²) in [6.45, 7) is 2.26. The Bertz CT molecular complexity index is 248. The van der Waals surface area contributed by atoms with Crippen LogP contribution in [0.25, 0.3) is 0 Å². The van der Waals surface area contributed by atoms with Crippen LogP contribution < -0.4 is 0 Å². The Kier molecular flexibility index (Phi) is 10.9. The number of nitrogens with zero attached hydrogens (tertiary/aromatic N) is 1. The summed E-state index contributed by atoms with van der Waals surface area (Å²) < 4.78 is 0. The lowest BCUT2D eigenvalue weighted by Crippen LogP contribution is -1.87. The molecule has 0 atom stereocenters. The van der Waals surface area contributed by atoms with Gasteiger partial charge in [0.1, 0.15) is 0 Å². The molecule has 1 rings (SSSR count). The van der Waals surface area contributed by atoms with Gasteiger partial charge >= 0.3 is 0 Å². The molecule has 90 valence electrons. The average Bonchev–Trinajstić information content (AvgIpc) is 2.31. The van der Waals surface area contributed by atoms with Gasteiger partial charge in [-0.15, -0.1) is 0 Å². The molecule has 1 aliphatic rings. The summed E-state index contributed by atoms with van der Waals surface area (Å²) in [5, 5.41) is 13.8. The summed E-state index contributed by atoms with van der Waals surface area (Å²) in [7, 11) is 0. The van der Waals surface area contributed by atoms with Crippen molar-refractivity contribution in [3.05, 3.63) is 23.8 Å². The lowest BCUT2D eigenvalue weighted by molar-refractivity contribution is 0.503. The van der Waals surface area contributed by atoms with E-state index < -0.39 is 0 Å². The van der Waals surface area contributed by atoms with E-state index in [0.717, 1.165) is 6.26 Å². The molecule has 0 amide bonds. The van der Waals surface area contributed by atoms with Crippen molar-refractivity contribution in [2.24, 2.45) is 0 Å². The molecule has 16 heavy (non-hydrogen) atoms. The van der Waals surface area contributed by atoms with E-state index in [1.807, 2.05) is 0 Å². The van der Waals surface area contributed by atoms with Gasteiger partial charge < -0.3 is 5.11 Å². The van der Waals surface area contributed by atoms with Crippen molar-refractivity contribution in [1.29, 1.82) is 5.26 Å². The quantitative estimate of drug-likeness (QED) is 0.550. The molecule has 1 aliphatic carbocycles. The van der Waals surface area contributed by atoms with Crippen LogP contribution in [0.4, 0.5) is 0 Å². The SMILES string of the molecule is CCCCCC=CC1=CCCCC1.N#CO. The van der Waals surface area contributed by atoms with Crippen LogP contribution >= 0.6 is 0 Å². The van der Waals surface area contributed by atoms with Crippen LogP contribution in [0.1, 0.15) is 58.3 Å². The molecule has 0 aromatic carbocycles. The number of unbranched alkanes of at least 4 members (excludes halogenated alkanes) is 3. The standard InChI is InChI=1S/C13H22.CHNO/c1-2-3-4-5-7-10-13-11-8-6-9-12-13;2-1-3/h7,10-11H,2-6,8-9,12H2,1H3;3H. The average molecular weight is 221 g/mol. The van der Waals surface area contributed by atoms with E-state index in [0.29, 0.717) is 0 Å². The number of nitriles is 1. The predicted octanol–water partition coefficient (Wildman–Crippen LogP) is 4.46. The largest absolute Gasteiger partial charge is 0.443 e. The van der Waals surface area contributed by atoms with Crippen LogP contribution in [0.15, 0.2) is 23.8 Å². The first-order chi connectivity index (χ1) is 7.85. The molecule has 0 aromatic heterocycles. The second-order valence-electron chi connectivity index (χ2n) is 4.02. The number of allylic oxidation sites excluding steroid dienone is 4. The van der Waals surface area contributed by atoms with Crippen LogP contribution in [0.5, 0.6) is 0 Å². The van der Waals surface area contributed by atoms with E-state index in [1.165, 1.54) is 51.4 Å². The summed E-state index contributed by atoms with van der Waals surface area (Å²) in [5.74, 6) is 0. The fraction of sp³-hybridized carbons (Fsp3) is 0.643. The lowest BCUT2D eigenvalue weighted by atomic mass is 9.99. The topological polar surface area (TPSA) is 44.0 Å². The zero-order valence-corrected chi connectivity index (χ0v) is 10.3. The number of rotatable bonds is 5. The molecule has 2 nitrogen and oxygen atoms in total. The van der Waals surface area contributed by atoms with Gasteiger partial charge in [0, 0.05) is 0 Å². The Morgan fingerprint density at radius 1 is 1.44 bits per heavy atom. The van der Waals surface area contributed by atoms with E-state index in [9.17, 15) is 0 Å². The van der Waals surface area contributed by atoms with Crippen molar-refractivity contribution in [3.63, 3.8) is 0 Å².